The van der Waals surface area contributed by atoms with Gasteiger partial charge in [0.05, 0.1) is 22.7 Å². The third-order valence-electron chi connectivity index (χ3n) is 11.6. The van der Waals surface area contributed by atoms with Gasteiger partial charge in [0.25, 0.3) is 17.7 Å². The first-order chi connectivity index (χ1) is 26.1. The van der Waals surface area contributed by atoms with E-state index in [0.717, 1.165) is 69.0 Å². The highest BCUT2D eigenvalue weighted by Crippen LogP contribution is 2.35. The minimum Gasteiger partial charge on any atom is -0.490 e. The second-order valence-electron chi connectivity index (χ2n) is 15.0. The van der Waals surface area contributed by atoms with Crippen LogP contribution in [0.4, 0.5) is 11.4 Å². The summed E-state index contributed by atoms with van der Waals surface area (Å²) in [6.07, 6.45) is 3.74. The van der Waals surface area contributed by atoms with E-state index < -0.39 is 29.7 Å². The van der Waals surface area contributed by atoms with Crippen LogP contribution < -0.4 is 15.0 Å². The molecule has 5 aliphatic rings. The third-order valence-corrected chi connectivity index (χ3v) is 11.9. The zero-order chi connectivity index (χ0) is 37.5. The number of anilines is 1. The molecule has 278 valence electrons. The van der Waals surface area contributed by atoms with Gasteiger partial charge in [-0.15, -0.1) is 0 Å². The molecule has 0 aromatic heterocycles. The standard InChI is InChI=1S/C41H41ClN6O6/c1-43-35-9-7-31(21-34(35)42)54-30-14-18-47(19-15-30)39(51)27-4-2-26(3-5-27)28-23-45(24-28)22-25-12-16-46(17-13-25)29-6-8-32-33(20-29)41(53)48(40(32)52)36-10-11-37(49)44-38(36)50/h2-9,20-21,25,28,30,36H,10-19,22-24H2,(H,44,49,50). The zero-order valence-corrected chi connectivity index (χ0v) is 30.6. The zero-order valence-electron chi connectivity index (χ0n) is 29.8. The predicted molar refractivity (Wildman–Crippen MR) is 201 cm³/mol. The molecule has 8 rings (SSSR count). The van der Waals surface area contributed by atoms with Crippen LogP contribution in [0.3, 0.4) is 0 Å². The Hall–Kier alpha value is -5.25. The van der Waals surface area contributed by atoms with Crippen LogP contribution in [0.15, 0.2) is 60.7 Å². The van der Waals surface area contributed by atoms with E-state index in [1.54, 1.807) is 30.3 Å². The van der Waals surface area contributed by atoms with Crippen LogP contribution in [0.25, 0.3) is 4.85 Å². The van der Waals surface area contributed by atoms with Crippen molar-refractivity contribution in [1.82, 2.24) is 20.0 Å². The topological polar surface area (TPSA) is 124 Å². The monoisotopic (exact) mass is 748 g/mol. The fourth-order valence-electron chi connectivity index (χ4n) is 8.43. The Morgan fingerprint density at radius 3 is 2.26 bits per heavy atom. The molecule has 54 heavy (non-hydrogen) atoms. The molecular weight excluding hydrogens is 708 g/mol. The molecule has 0 aliphatic carbocycles. The van der Waals surface area contributed by atoms with Gasteiger partial charge in [-0.3, -0.25) is 34.2 Å². The molecule has 1 N–H and O–H groups in total. The van der Waals surface area contributed by atoms with Crippen LogP contribution >= 0.6 is 11.6 Å². The van der Waals surface area contributed by atoms with Crippen LogP contribution in [0.5, 0.6) is 5.75 Å². The molecular formula is C41H41ClN6O6. The number of hydrogen-bond donors (Lipinski definition) is 1. The summed E-state index contributed by atoms with van der Waals surface area (Å²) >= 11 is 6.16. The lowest BCUT2D eigenvalue weighted by molar-refractivity contribution is -0.136. The number of amides is 5. The van der Waals surface area contributed by atoms with Gasteiger partial charge in [-0.25, -0.2) is 4.85 Å². The maximum atomic E-state index is 13.3. The summed E-state index contributed by atoms with van der Waals surface area (Å²) < 4.78 is 6.08. The van der Waals surface area contributed by atoms with Gasteiger partial charge in [0.2, 0.25) is 17.5 Å². The number of halogens is 1. The summed E-state index contributed by atoms with van der Waals surface area (Å²) in [6, 6.07) is 17.6. The number of carbonyl (C=O) groups excluding carboxylic acids is 5. The van der Waals surface area contributed by atoms with Crippen LogP contribution in [0.2, 0.25) is 5.02 Å². The number of carbonyl (C=O) groups is 5. The molecule has 1 unspecified atom stereocenters. The molecule has 3 aromatic carbocycles. The van der Waals surface area contributed by atoms with Crippen molar-refractivity contribution in [3.05, 3.63) is 99.4 Å². The van der Waals surface area contributed by atoms with Crippen molar-refractivity contribution in [1.29, 1.82) is 0 Å². The number of benzene rings is 3. The SMILES string of the molecule is [C-]#[N+]c1ccc(OC2CCN(C(=O)c3ccc(C4CN(CC5CCN(c6ccc7c(c6)C(=O)N(C6CCC(=O)NC6=O)C7=O)CC5)C4)cc3)CC2)cc1Cl. The summed E-state index contributed by atoms with van der Waals surface area (Å²) in [6.45, 7) is 13.1. The molecule has 0 spiro atoms. The van der Waals surface area contributed by atoms with Gasteiger partial charge in [-0.05, 0) is 73.2 Å². The van der Waals surface area contributed by atoms with Gasteiger partial charge in [-0.2, -0.15) is 0 Å². The Labute approximate surface area is 318 Å². The number of imide groups is 2. The average molecular weight is 749 g/mol. The number of likely N-dealkylation sites (tertiary alicyclic amines) is 2. The Kier molecular flexibility index (Phi) is 9.85. The van der Waals surface area contributed by atoms with E-state index in [1.165, 1.54) is 5.56 Å². The number of nitrogens with one attached hydrogen (secondary N) is 1. The molecule has 0 saturated carbocycles. The Morgan fingerprint density at radius 2 is 1.57 bits per heavy atom. The second-order valence-corrected chi connectivity index (χ2v) is 15.4. The molecule has 4 saturated heterocycles. The molecule has 5 aliphatic heterocycles. The molecule has 0 radical (unpaired) electrons. The fourth-order valence-corrected chi connectivity index (χ4v) is 8.64. The van der Waals surface area contributed by atoms with E-state index in [9.17, 15) is 24.0 Å². The van der Waals surface area contributed by atoms with Crippen molar-refractivity contribution < 1.29 is 28.7 Å². The van der Waals surface area contributed by atoms with Crippen molar-refractivity contribution in [2.75, 3.05) is 50.7 Å². The van der Waals surface area contributed by atoms with Crippen LogP contribution in [-0.4, -0.2) is 102 Å². The van der Waals surface area contributed by atoms with E-state index >= 15 is 0 Å². The van der Waals surface area contributed by atoms with Gasteiger partial charge < -0.3 is 19.4 Å². The molecule has 5 amide bonds. The molecule has 1 atom stereocenters. The van der Waals surface area contributed by atoms with Gasteiger partial charge in [-0.1, -0.05) is 29.8 Å². The highest BCUT2D eigenvalue weighted by molar-refractivity contribution is 6.33. The minimum atomic E-state index is -0.968. The first-order valence-electron chi connectivity index (χ1n) is 18.7. The number of nitrogens with zero attached hydrogens (tertiary/aromatic N) is 5. The minimum absolute atomic E-state index is 0.00764. The Bertz CT molecular complexity index is 2040. The summed E-state index contributed by atoms with van der Waals surface area (Å²) in [4.78, 5) is 74.7. The molecule has 0 bridgehead atoms. The molecule has 12 nitrogen and oxygen atoms in total. The number of fused-ring (bicyclic) bond motifs is 1. The Morgan fingerprint density at radius 1 is 0.852 bits per heavy atom. The average Bonchev–Trinajstić information content (AvgIpc) is 3.41. The largest absolute Gasteiger partial charge is 0.490 e. The maximum Gasteiger partial charge on any atom is 0.262 e. The van der Waals surface area contributed by atoms with E-state index in [0.29, 0.717) is 58.1 Å². The normalized spacial score (nSPS) is 21.5. The number of hydrogen-bond acceptors (Lipinski definition) is 8. The predicted octanol–water partition coefficient (Wildman–Crippen LogP) is 5.29. The van der Waals surface area contributed by atoms with E-state index in [2.05, 4.69) is 32.1 Å². The van der Waals surface area contributed by atoms with Crippen LogP contribution in [0, 0.1) is 12.5 Å². The lowest BCUT2D eigenvalue weighted by Gasteiger charge is -2.43. The van der Waals surface area contributed by atoms with Crippen LogP contribution in [0.1, 0.15) is 81.1 Å². The second kappa shape index (κ2) is 14.9. The summed E-state index contributed by atoms with van der Waals surface area (Å²) in [5.41, 5.74) is 3.87. The van der Waals surface area contributed by atoms with Gasteiger partial charge in [0.15, 0.2) is 0 Å². The van der Waals surface area contributed by atoms with E-state index in [-0.39, 0.29) is 24.9 Å². The van der Waals surface area contributed by atoms with Gasteiger partial charge >= 0.3 is 0 Å². The summed E-state index contributed by atoms with van der Waals surface area (Å²) in [5, 5.41) is 2.62. The summed E-state index contributed by atoms with van der Waals surface area (Å²) in [7, 11) is 0. The van der Waals surface area contributed by atoms with Crippen molar-refractivity contribution >= 4 is 52.5 Å². The highest BCUT2D eigenvalue weighted by Gasteiger charge is 2.45. The van der Waals surface area contributed by atoms with Crippen molar-refractivity contribution in [3.63, 3.8) is 0 Å². The first kappa shape index (κ1) is 35.8. The number of piperidine rings is 3. The van der Waals surface area contributed by atoms with Gasteiger partial charge in [0.1, 0.15) is 17.9 Å². The molecule has 4 fully saturated rings. The third kappa shape index (κ3) is 7.06. The van der Waals surface area contributed by atoms with Crippen LogP contribution in [-0.2, 0) is 9.59 Å². The molecule has 3 aromatic rings. The number of ether oxygens (including phenoxy) is 1. The number of rotatable bonds is 8. The quantitative estimate of drug-likeness (QED) is 0.244. The Balaban J connectivity index is 0.770. The first-order valence-corrected chi connectivity index (χ1v) is 19.1. The lowest BCUT2D eigenvalue weighted by atomic mass is 9.88. The van der Waals surface area contributed by atoms with Crippen molar-refractivity contribution in [3.8, 4) is 5.75 Å². The highest BCUT2D eigenvalue weighted by atomic mass is 35.5. The molecule has 5 heterocycles. The molecule has 13 heteroatoms. The summed E-state index contributed by atoms with van der Waals surface area (Å²) in [5.74, 6) is -0.260. The van der Waals surface area contributed by atoms with E-state index in [4.69, 9.17) is 22.9 Å². The van der Waals surface area contributed by atoms with Crippen molar-refractivity contribution in [2.24, 2.45) is 5.92 Å². The lowest BCUT2D eigenvalue weighted by Crippen LogP contribution is -2.54. The van der Waals surface area contributed by atoms with E-state index in [1.807, 2.05) is 23.1 Å². The van der Waals surface area contributed by atoms with Gasteiger partial charge in [0, 0.05) is 82.2 Å². The fraction of sp³-hybridized carbons (Fsp3) is 0.415. The van der Waals surface area contributed by atoms with Crippen molar-refractivity contribution in [2.45, 2.75) is 56.6 Å². The smallest absolute Gasteiger partial charge is 0.262 e. The maximum absolute atomic E-state index is 13.3.